The second-order valence-corrected chi connectivity index (χ2v) is 6.47. The highest BCUT2D eigenvalue weighted by Gasteiger charge is 2.18. The molecule has 1 aromatic heterocycles. The number of benzene rings is 1. The van der Waals surface area contributed by atoms with Gasteiger partial charge in [-0.1, -0.05) is 6.07 Å². The van der Waals surface area contributed by atoms with Crippen LogP contribution in [-0.2, 0) is 16.6 Å². The minimum Gasteiger partial charge on any atom is -0.396 e. The van der Waals surface area contributed by atoms with Gasteiger partial charge in [-0.3, -0.25) is 4.98 Å². The third-order valence-electron chi connectivity index (χ3n) is 2.97. The van der Waals surface area contributed by atoms with E-state index < -0.39 is 15.8 Å². The van der Waals surface area contributed by atoms with Crippen LogP contribution < -0.4 is 10.5 Å². The van der Waals surface area contributed by atoms with E-state index in [9.17, 15) is 12.8 Å². The zero-order valence-corrected chi connectivity index (χ0v) is 12.5. The summed E-state index contributed by atoms with van der Waals surface area (Å²) in [5, 5.41) is 0. The molecule has 1 aromatic carbocycles. The molecule has 0 amide bonds. The number of nitrogen functional groups attached to an aromatic ring is 1. The molecule has 2 rings (SSSR count). The number of rotatable bonds is 4. The third kappa shape index (κ3) is 3.56. The first-order valence-electron chi connectivity index (χ1n) is 6.27. The lowest BCUT2D eigenvalue weighted by Gasteiger charge is -2.10. The summed E-state index contributed by atoms with van der Waals surface area (Å²) in [7, 11) is -3.78. The summed E-state index contributed by atoms with van der Waals surface area (Å²) in [4.78, 5) is 4.18. The molecule has 2 aromatic rings. The molecule has 0 unspecified atom stereocenters. The number of aromatic nitrogens is 1. The maximum absolute atomic E-state index is 13.3. The molecule has 112 valence electrons. The van der Waals surface area contributed by atoms with E-state index in [0.717, 1.165) is 17.8 Å². The van der Waals surface area contributed by atoms with Crippen LogP contribution in [-0.4, -0.2) is 13.4 Å². The van der Waals surface area contributed by atoms with Crippen molar-refractivity contribution in [3.05, 3.63) is 53.1 Å². The molecule has 0 saturated heterocycles. The fraction of sp³-hybridized carbons (Fsp3) is 0.214. The fourth-order valence-electron chi connectivity index (χ4n) is 1.90. The van der Waals surface area contributed by atoms with Crippen LogP contribution in [0.4, 0.5) is 10.1 Å². The van der Waals surface area contributed by atoms with Gasteiger partial charge in [-0.15, -0.1) is 0 Å². The molecule has 7 heteroatoms. The number of sulfonamides is 1. The van der Waals surface area contributed by atoms with Crippen molar-refractivity contribution >= 4 is 15.7 Å². The van der Waals surface area contributed by atoms with Gasteiger partial charge in [0.15, 0.2) is 0 Å². The molecule has 1 heterocycles. The smallest absolute Gasteiger partial charge is 0.241 e. The van der Waals surface area contributed by atoms with Gasteiger partial charge in [-0.25, -0.2) is 17.5 Å². The number of nitrogens with one attached hydrogen (secondary N) is 1. The number of hydrogen-bond acceptors (Lipinski definition) is 4. The second kappa shape index (κ2) is 5.79. The minimum absolute atomic E-state index is 0.0333. The van der Waals surface area contributed by atoms with Crippen molar-refractivity contribution in [1.82, 2.24) is 9.71 Å². The zero-order chi connectivity index (χ0) is 15.6. The van der Waals surface area contributed by atoms with Crippen LogP contribution in [0.3, 0.4) is 0 Å². The molecule has 0 fully saturated rings. The molecule has 0 bridgehead atoms. The first-order chi connectivity index (χ1) is 9.79. The highest BCUT2D eigenvalue weighted by Crippen LogP contribution is 2.21. The highest BCUT2D eigenvalue weighted by atomic mass is 32.2. The molecule has 3 N–H and O–H groups in total. The van der Waals surface area contributed by atoms with Crippen LogP contribution in [0.15, 0.2) is 35.2 Å². The van der Waals surface area contributed by atoms with E-state index in [4.69, 9.17) is 5.73 Å². The minimum atomic E-state index is -3.78. The molecule has 0 aliphatic rings. The predicted molar refractivity (Wildman–Crippen MR) is 78.5 cm³/mol. The van der Waals surface area contributed by atoms with Crippen LogP contribution >= 0.6 is 0 Å². The molecule has 0 aliphatic heterocycles. The van der Waals surface area contributed by atoms with Gasteiger partial charge in [-0.05, 0) is 43.7 Å². The Kier molecular flexibility index (Phi) is 4.24. The maximum atomic E-state index is 13.3. The van der Waals surface area contributed by atoms with Gasteiger partial charge >= 0.3 is 0 Å². The standard InChI is InChI=1S/C14H16FN3O2S/c1-9-6-12(15)13(16)7-14(9)21(19,20)17-8-11-5-3-4-10(2)18-11/h3-7,17H,8,16H2,1-2H3. The maximum Gasteiger partial charge on any atom is 0.241 e. The summed E-state index contributed by atoms with van der Waals surface area (Å²) in [5.74, 6) is -0.633. The Morgan fingerprint density at radius 3 is 2.67 bits per heavy atom. The lowest BCUT2D eigenvalue weighted by molar-refractivity contribution is 0.578. The van der Waals surface area contributed by atoms with E-state index in [-0.39, 0.29) is 17.1 Å². The second-order valence-electron chi connectivity index (χ2n) is 4.73. The quantitative estimate of drug-likeness (QED) is 0.845. The molecule has 0 radical (unpaired) electrons. The van der Waals surface area contributed by atoms with Crippen molar-refractivity contribution in [2.45, 2.75) is 25.3 Å². The van der Waals surface area contributed by atoms with Gasteiger partial charge in [0.25, 0.3) is 0 Å². The third-order valence-corrected chi connectivity index (χ3v) is 4.52. The number of aryl methyl sites for hydroxylation is 2. The number of nitrogens with two attached hydrogens (primary N) is 1. The van der Waals surface area contributed by atoms with Gasteiger partial charge < -0.3 is 5.73 Å². The largest absolute Gasteiger partial charge is 0.396 e. The Balaban J connectivity index is 2.25. The summed E-state index contributed by atoms with van der Waals surface area (Å²) in [6, 6.07) is 7.57. The van der Waals surface area contributed by atoms with Crippen molar-refractivity contribution in [1.29, 1.82) is 0 Å². The van der Waals surface area contributed by atoms with Gasteiger partial charge in [0.05, 0.1) is 22.8 Å². The molecule has 0 saturated carbocycles. The van der Waals surface area contributed by atoms with E-state index >= 15 is 0 Å². The van der Waals surface area contributed by atoms with E-state index in [1.807, 2.05) is 13.0 Å². The van der Waals surface area contributed by atoms with Crippen molar-refractivity contribution in [3.63, 3.8) is 0 Å². The van der Waals surface area contributed by atoms with E-state index in [2.05, 4.69) is 9.71 Å². The Morgan fingerprint density at radius 2 is 2.00 bits per heavy atom. The van der Waals surface area contributed by atoms with Crippen LogP contribution in [0.25, 0.3) is 0 Å². The molecule has 0 spiro atoms. The lowest BCUT2D eigenvalue weighted by atomic mass is 10.2. The van der Waals surface area contributed by atoms with Gasteiger partial charge in [-0.2, -0.15) is 0 Å². The fourth-order valence-corrected chi connectivity index (χ4v) is 3.16. The van der Waals surface area contributed by atoms with Crippen LogP contribution in [0.1, 0.15) is 17.0 Å². The average molecular weight is 309 g/mol. The lowest BCUT2D eigenvalue weighted by Crippen LogP contribution is -2.24. The highest BCUT2D eigenvalue weighted by molar-refractivity contribution is 7.89. The summed E-state index contributed by atoms with van der Waals surface area (Å²) in [5.41, 5.74) is 6.93. The summed E-state index contributed by atoms with van der Waals surface area (Å²) < 4.78 is 40.2. The Hall–Kier alpha value is -1.99. The monoisotopic (exact) mass is 309 g/mol. The number of nitrogens with zero attached hydrogens (tertiary/aromatic N) is 1. The van der Waals surface area contributed by atoms with Gasteiger partial charge in [0.2, 0.25) is 10.0 Å². The van der Waals surface area contributed by atoms with Crippen molar-refractivity contribution in [3.8, 4) is 0 Å². The normalized spacial score (nSPS) is 11.6. The number of anilines is 1. The summed E-state index contributed by atoms with van der Waals surface area (Å²) in [6.45, 7) is 3.39. The van der Waals surface area contributed by atoms with Crippen molar-refractivity contribution in [2.24, 2.45) is 0 Å². The number of halogens is 1. The van der Waals surface area contributed by atoms with Gasteiger partial charge in [0.1, 0.15) is 5.82 Å². The Labute approximate surface area is 123 Å². The zero-order valence-electron chi connectivity index (χ0n) is 11.7. The molecular formula is C14H16FN3O2S. The van der Waals surface area contributed by atoms with Crippen molar-refractivity contribution < 1.29 is 12.8 Å². The van der Waals surface area contributed by atoms with Gasteiger partial charge in [0, 0.05) is 5.69 Å². The summed E-state index contributed by atoms with van der Waals surface area (Å²) in [6.07, 6.45) is 0. The van der Waals surface area contributed by atoms with Crippen LogP contribution in [0.5, 0.6) is 0 Å². The molecular weight excluding hydrogens is 293 g/mol. The van der Waals surface area contributed by atoms with E-state index in [1.54, 1.807) is 12.1 Å². The van der Waals surface area contributed by atoms with Crippen molar-refractivity contribution in [2.75, 3.05) is 5.73 Å². The Morgan fingerprint density at radius 1 is 1.29 bits per heavy atom. The molecule has 5 nitrogen and oxygen atoms in total. The predicted octanol–water partition coefficient (Wildman–Crippen LogP) is 1.90. The SMILES string of the molecule is Cc1cccc(CNS(=O)(=O)c2cc(N)c(F)cc2C)n1. The number of hydrogen-bond donors (Lipinski definition) is 2. The van der Waals surface area contributed by atoms with E-state index in [1.165, 1.54) is 6.92 Å². The summed E-state index contributed by atoms with van der Waals surface area (Å²) >= 11 is 0. The van der Waals surface area contributed by atoms with Crippen LogP contribution in [0.2, 0.25) is 0 Å². The van der Waals surface area contributed by atoms with E-state index in [0.29, 0.717) is 11.3 Å². The average Bonchev–Trinajstić information content (AvgIpc) is 2.41. The first-order valence-corrected chi connectivity index (χ1v) is 7.76. The Bertz CT molecular complexity index is 776. The topological polar surface area (TPSA) is 85.1 Å². The molecule has 0 atom stereocenters. The first kappa shape index (κ1) is 15.4. The number of pyridine rings is 1. The van der Waals surface area contributed by atoms with Crippen LogP contribution in [0, 0.1) is 19.7 Å². The molecule has 21 heavy (non-hydrogen) atoms. The molecule has 0 aliphatic carbocycles.